The molecule has 2 fully saturated rings. The van der Waals surface area contributed by atoms with Crippen molar-refractivity contribution in [3.05, 3.63) is 47.1 Å². The van der Waals surface area contributed by atoms with Crippen LogP contribution >= 0.6 is 0 Å². The van der Waals surface area contributed by atoms with Crippen LogP contribution in [0.5, 0.6) is 0 Å². The zero-order chi connectivity index (χ0) is 30.9. The van der Waals surface area contributed by atoms with Crippen molar-refractivity contribution >= 4 is 23.9 Å². The quantitative estimate of drug-likeness (QED) is 0.399. The number of hydrogen-bond donors (Lipinski definition) is 1. The SMILES string of the molecule is COC(=O)CC1C(C)(C)C(OC(C)=O)C(OC(C)=O)C2OC3=C(C)C4=CC(=O)OC(c5ccoc5)C4(C)C(O)C3C21C. The summed E-state index contributed by atoms with van der Waals surface area (Å²) in [6, 6.07) is 1.69. The van der Waals surface area contributed by atoms with Crippen LogP contribution in [0.15, 0.2) is 46.0 Å². The molecule has 3 heterocycles. The van der Waals surface area contributed by atoms with Gasteiger partial charge in [0.15, 0.2) is 6.10 Å². The Morgan fingerprint density at radius 3 is 2.29 bits per heavy atom. The van der Waals surface area contributed by atoms with Gasteiger partial charge in [0.25, 0.3) is 0 Å². The van der Waals surface area contributed by atoms with Crippen LogP contribution in [0.4, 0.5) is 0 Å². The van der Waals surface area contributed by atoms with Crippen molar-refractivity contribution in [2.24, 2.45) is 28.1 Å². The highest BCUT2D eigenvalue weighted by atomic mass is 16.6. The summed E-state index contributed by atoms with van der Waals surface area (Å²) in [7, 11) is 1.29. The van der Waals surface area contributed by atoms with Gasteiger partial charge in [0, 0.05) is 42.7 Å². The molecule has 1 saturated heterocycles. The minimum absolute atomic E-state index is 0.0838. The Balaban J connectivity index is 1.76. The topological polar surface area (TPSA) is 148 Å². The molecule has 4 aliphatic rings. The third-order valence-corrected chi connectivity index (χ3v) is 10.2. The molecule has 0 spiro atoms. The van der Waals surface area contributed by atoms with Crippen LogP contribution in [0.2, 0.25) is 0 Å². The average Bonchev–Trinajstić information content (AvgIpc) is 3.54. The maximum atomic E-state index is 12.9. The molecule has 0 aromatic carbocycles. The molecule has 0 radical (unpaired) electrons. The molecule has 42 heavy (non-hydrogen) atoms. The second-order valence-electron chi connectivity index (χ2n) is 12.8. The fourth-order valence-corrected chi connectivity index (χ4v) is 8.30. The van der Waals surface area contributed by atoms with Crippen LogP contribution in [0.1, 0.15) is 66.6 Å². The van der Waals surface area contributed by atoms with E-state index in [2.05, 4.69) is 0 Å². The number of ether oxygens (including phenoxy) is 5. The third-order valence-electron chi connectivity index (χ3n) is 10.2. The van der Waals surface area contributed by atoms with Gasteiger partial charge < -0.3 is 33.2 Å². The summed E-state index contributed by atoms with van der Waals surface area (Å²) < 4.78 is 34.5. The molecule has 2 aliphatic carbocycles. The van der Waals surface area contributed by atoms with Gasteiger partial charge in [0.1, 0.15) is 24.1 Å². The third kappa shape index (κ3) is 4.11. The molecule has 1 aromatic heterocycles. The van der Waals surface area contributed by atoms with Crippen molar-refractivity contribution in [3.8, 4) is 0 Å². The van der Waals surface area contributed by atoms with Crippen molar-refractivity contribution in [1.29, 1.82) is 0 Å². The molecular formula is C31H38O11. The Hall–Kier alpha value is -3.60. The number of fused-ring (bicyclic) bond motifs is 4. The van der Waals surface area contributed by atoms with Crippen LogP contribution in [0.25, 0.3) is 0 Å². The van der Waals surface area contributed by atoms with E-state index < -0.39 is 82.5 Å². The minimum Gasteiger partial charge on any atom is -0.489 e. The molecule has 11 heteroatoms. The molecule has 5 rings (SSSR count). The van der Waals surface area contributed by atoms with E-state index >= 15 is 0 Å². The van der Waals surface area contributed by atoms with Gasteiger partial charge in [0.2, 0.25) is 0 Å². The summed E-state index contributed by atoms with van der Waals surface area (Å²) in [4.78, 5) is 50.5. The number of aliphatic hydroxyl groups excluding tert-OH is 1. The molecule has 1 saturated carbocycles. The highest BCUT2D eigenvalue weighted by Crippen LogP contribution is 2.69. The van der Waals surface area contributed by atoms with E-state index in [0.717, 1.165) is 0 Å². The zero-order valence-electron chi connectivity index (χ0n) is 25.1. The molecule has 9 atom stereocenters. The number of methoxy groups -OCH3 is 1. The van der Waals surface area contributed by atoms with Gasteiger partial charge in [-0.15, -0.1) is 0 Å². The monoisotopic (exact) mass is 586 g/mol. The number of allylic oxidation sites excluding steroid dienone is 1. The van der Waals surface area contributed by atoms with Crippen LogP contribution < -0.4 is 0 Å². The number of rotatable bonds is 5. The number of furan rings is 1. The summed E-state index contributed by atoms with van der Waals surface area (Å²) in [6.07, 6.45) is -0.809. The summed E-state index contributed by atoms with van der Waals surface area (Å²) >= 11 is 0. The van der Waals surface area contributed by atoms with E-state index in [1.54, 1.807) is 6.07 Å². The van der Waals surface area contributed by atoms with Crippen LogP contribution in [0.3, 0.4) is 0 Å². The van der Waals surface area contributed by atoms with Gasteiger partial charge in [-0.05, 0) is 37.0 Å². The Morgan fingerprint density at radius 1 is 1.05 bits per heavy atom. The van der Waals surface area contributed by atoms with Gasteiger partial charge in [-0.2, -0.15) is 0 Å². The van der Waals surface area contributed by atoms with Crippen molar-refractivity contribution in [2.45, 2.75) is 85.4 Å². The van der Waals surface area contributed by atoms with E-state index in [4.69, 9.17) is 28.1 Å². The molecular weight excluding hydrogens is 548 g/mol. The first kappa shape index (κ1) is 29.9. The van der Waals surface area contributed by atoms with Crippen molar-refractivity contribution in [1.82, 2.24) is 0 Å². The van der Waals surface area contributed by atoms with E-state index in [9.17, 15) is 24.3 Å². The number of carbonyl (C=O) groups excluding carboxylic acids is 4. The molecule has 1 aromatic rings. The highest BCUT2D eigenvalue weighted by Gasteiger charge is 2.74. The lowest BCUT2D eigenvalue weighted by atomic mass is 9.46. The van der Waals surface area contributed by atoms with Gasteiger partial charge in [-0.25, -0.2) is 4.79 Å². The first-order valence-corrected chi connectivity index (χ1v) is 14.0. The van der Waals surface area contributed by atoms with Gasteiger partial charge in [0.05, 0.1) is 37.1 Å². The molecule has 1 N–H and O–H groups in total. The lowest BCUT2D eigenvalue weighted by Gasteiger charge is -2.59. The maximum Gasteiger partial charge on any atom is 0.331 e. The Bertz CT molecular complexity index is 1370. The molecule has 9 unspecified atom stereocenters. The Labute approximate surface area is 244 Å². The lowest BCUT2D eigenvalue weighted by molar-refractivity contribution is -0.240. The van der Waals surface area contributed by atoms with Crippen LogP contribution in [-0.2, 0) is 42.9 Å². The molecule has 0 bridgehead atoms. The van der Waals surface area contributed by atoms with Gasteiger partial charge >= 0.3 is 23.9 Å². The molecule has 2 aliphatic heterocycles. The smallest absolute Gasteiger partial charge is 0.331 e. The Morgan fingerprint density at radius 2 is 1.71 bits per heavy atom. The molecule has 228 valence electrons. The fraction of sp³-hybridized carbons (Fsp3) is 0.613. The standard InChI is InChI=1S/C31H38O11/c1-14-18-11-21(35)41-26(17-9-10-38-13-17)30(18,6)25(36)22-23(14)42-28-24(39-15(2)32)27(40-16(3)33)29(4,5)19(31(22,28)7)12-20(34)37-8/h9-11,13,19,22,24-28,36H,12H2,1-8H3. The fourth-order valence-electron chi connectivity index (χ4n) is 8.30. The number of esters is 4. The van der Waals surface area contributed by atoms with Crippen LogP contribution in [-0.4, -0.2) is 60.5 Å². The van der Waals surface area contributed by atoms with Crippen molar-refractivity contribution < 1.29 is 52.4 Å². The zero-order valence-corrected chi connectivity index (χ0v) is 25.1. The largest absolute Gasteiger partial charge is 0.489 e. The summed E-state index contributed by atoms with van der Waals surface area (Å²) in [5.41, 5.74) is -1.39. The summed E-state index contributed by atoms with van der Waals surface area (Å²) in [5.74, 6) is -3.15. The minimum atomic E-state index is -1.19. The molecule has 11 nitrogen and oxygen atoms in total. The second kappa shape index (κ2) is 10.00. The summed E-state index contributed by atoms with van der Waals surface area (Å²) in [6.45, 7) is 11.8. The van der Waals surface area contributed by atoms with E-state index in [-0.39, 0.29) is 6.42 Å². The number of cyclic esters (lactones) is 1. The van der Waals surface area contributed by atoms with Gasteiger partial charge in [-0.1, -0.05) is 20.8 Å². The normalized spacial score (nSPS) is 38.2. The first-order valence-electron chi connectivity index (χ1n) is 14.0. The molecule has 0 amide bonds. The predicted octanol–water partition coefficient (Wildman–Crippen LogP) is 3.56. The van der Waals surface area contributed by atoms with E-state index in [1.165, 1.54) is 39.6 Å². The highest BCUT2D eigenvalue weighted by molar-refractivity contribution is 5.86. The van der Waals surface area contributed by atoms with Gasteiger partial charge in [-0.3, -0.25) is 14.4 Å². The second-order valence-corrected chi connectivity index (χ2v) is 12.8. The number of hydrogen-bond acceptors (Lipinski definition) is 11. The van der Waals surface area contributed by atoms with E-state index in [1.807, 2.05) is 34.6 Å². The van der Waals surface area contributed by atoms with Crippen molar-refractivity contribution in [2.75, 3.05) is 7.11 Å². The predicted molar refractivity (Wildman–Crippen MR) is 144 cm³/mol. The lowest BCUT2D eigenvalue weighted by Crippen LogP contribution is -2.68. The van der Waals surface area contributed by atoms with Crippen molar-refractivity contribution in [3.63, 3.8) is 0 Å². The maximum absolute atomic E-state index is 12.9. The summed E-state index contributed by atoms with van der Waals surface area (Å²) in [5, 5.41) is 12.5. The number of aliphatic hydroxyl groups is 1. The Kier molecular flexibility index (Phi) is 7.11. The number of carbonyl (C=O) groups is 4. The first-order chi connectivity index (χ1) is 19.6. The van der Waals surface area contributed by atoms with Crippen LogP contribution in [0, 0.1) is 28.1 Å². The van der Waals surface area contributed by atoms with E-state index in [0.29, 0.717) is 22.5 Å². The average molecular weight is 587 g/mol.